The Hall–Kier alpha value is -1.07. The predicted molar refractivity (Wildman–Crippen MR) is 80.4 cm³/mol. The minimum absolute atomic E-state index is 0.175. The normalized spacial score (nSPS) is 19.0. The van der Waals surface area contributed by atoms with Crippen molar-refractivity contribution in [2.24, 2.45) is 0 Å². The van der Waals surface area contributed by atoms with Crippen LogP contribution in [0.25, 0.3) is 11.3 Å². The second-order valence-electron chi connectivity index (χ2n) is 5.17. The molecule has 2 N–H and O–H groups in total. The molecular formula is C14H13BrN2OS. The molecule has 3 nitrogen and oxygen atoms in total. The van der Waals surface area contributed by atoms with Crippen molar-refractivity contribution in [1.29, 1.82) is 0 Å². The summed E-state index contributed by atoms with van der Waals surface area (Å²) in [7, 11) is 0. The average Bonchev–Trinajstić information content (AvgIpc) is 2.98. The largest absolute Gasteiger partial charge is 0.481 e. The van der Waals surface area contributed by atoms with E-state index in [1.807, 2.05) is 12.1 Å². The second kappa shape index (κ2) is 3.96. The Bertz CT molecular complexity index is 661. The van der Waals surface area contributed by atoms with Gasteiger partial charge < -0.3 is 10.5 Å². The molecule has 1 aliphatic carbocycles. The van der Waals surface area contributed by atoms with Crippen molar-refractivity contribution in [2.75, 3.05) is 5.73 Å². The molecule has 98 valence electrons. The topological polar surface area (TPSA) is 48.1 Å². The third-order valence-corrected chi connectivity index (χ3v) is 5.53. The first-order valence-electron chi connectivity index (χ1n) is 6.44. The summed E-state index contributed by atoms with van der Waals surface area (Å²) in [6.07, 6.45) is 4.56. The lowest BCUT2D eigenvalue weighted by Crippen LogP contribution is -2.31. The van der Waals surface area contributed by atoms with Gasteiger partial charge in [0, 0.05) is 10.0 Å². The Balaban J connectivity index is 1.99. The van der Waals surface area contributed by atoms with Crippen LogP contribution in [0.5, 0.6) is 5.75 Å². The Morgan fingerprint density at radius 2 is 2.11 bits per heavy atom. The molecule has 1 spiro atoms. The predicted octanol–water partition coefficient (Wildman–Crippen LogP) is 4.32. The highest BCUT2D eigenvalue weighted by Gasteiger charge is 2.45. The summed E-state index contributed by atoms with van der Waals surface area (Å²) in [4.78, 5) is 5.76. The number of halogens is 1. The van der Waals surface area contributed by atoms with E-state index in [1.54, 1.807) is 11.3 Å². The van der Waals surface area contributed by atoms with E-state index in [0.717, 1.165) is 34.3 Å². The lowest BCUT2D eigenvalue weighted by molar-refractivity contribution is 0.0748. The van der Waals surface area contributed by atoms with Gasteiger partial charge in [0.25, 0.3) is 0 Å². The molecule has 0 saturated heterocycles. The van der Waals surface area contributed by atoms with Gasteiger partial charge in [0.05, 0.1) is 10.6 Å². The van der Waals surface area contributed by atoms with Crippen molar-refractivity contribution in [3.8, 4) is 17.0 Å². The van der Waals surface area contributed by atoms with Gasteiger partial charge in [-0.2, -0.15) is 0 Å². The number of nitrogen functional groups attached to an aromatic ring is 1. The molecule has 2 heterocycles. The van der Waals surface area contributed by atoms with Crippen LogP contribution >= 0.6 is 27.3 Å². The molecule has 1 saturated carbocycles. The number of thiazole rings is 1. The molecule has 4 rings (SSSR count). The third-order valence-electron chi connectivity index (χ3n) is 3.97. The van der Waals surface area contributed by atoms with Crippen LogP contribution in [0.2, 0.25) is 0 Å². The fourth-order valence-electron chi connectivity index (χ4n) is 3.14. The average molecular weight is 337 g/mol. The van der Waals surface area contributed by atoms with Gasteiger partial charge in [0.2, 0.25) is 0 Å². The fraction of sp³-hybridized carbons (Fsp3) is 0.357. The number of fused-ring (bicyclic) bond motifs is 4. The Morgan fingerprint density at radius 3 is 2.89 bits per heavy atom. The summed E-state index contributed by atoms with van der Waals surface area (Å²) in [5.74, 6) is 0.933. The summed E-state index contributed by atoms with van der Waals surface area (Å²) in [6, 6.07) is 6.11. The van der Waals surface area contributed by atoms with Crippen molar-refractivity contribution in [2.45, 2.75) is 31.3 Å². The maximum Gasteiger partial charge on any atom is 0.180 e. The van der Waals surface area contributed by atoms with Gasteiger partial charge >= 0.3 is 0 Å². The van der Waals surface area contributed by atoms with Gasteiger partial charge in [-0.1, -0.05) is 27.3 Å². The molecule has 1 fully saturated rings. The van der Waals surface area contributed by atoms with Gasteiger partial charge in [-0.3, -0.25) is 0 Å². The maximum absolute atomic E-state index is 6.37. The zero-order valence-electron chi connectivity index (χ0n) is 10.3. The summed E-state index contributed by atoms with van der Waals surface area (Å²) in [5, 5.41) is 0.632. The van der Waals surface area contributed by atoms with Crippen molar-refractivity contribution in [1.82, 2.24) is 4.98 Å². The first kappa shape index (κ1) is 11.7. The van der Waals surface area contributed by atoms with E-state index in [1.165, 1.54) is 17.7 Å². The van der Waals surface area contributed by atoms with E-state index in [-0.39, 0.29) is 5.60 Å². The zero-order valence-corrected chi connectivity index (χ0v) is 12.7. The van der Waals surface area contributed by atoms with Gasteiger partial charge in [-0.25, -0.2) is 4.98 Å². The smallest absolute Gasteiger partial charge is 0.180 e. The molecule has 0 amide bonds. The molecule has 1 aromatic heterocycles. The van der Waals surface area contributed by atoms with Crippen molar-refractivity contribution >= 4 is 32.4 Å². The Morgan fingerprint density at radius 1 is 1.32 bits per heavy atom. The third kappa shape index (κ3) is 1.64. The number of benzene rings is 1. The van der Waals surface area contributed by atoms with E-state index in [2.05, 4.69) is 27.0 Å². The van der Waals surface area contributed by atoms with Crippen LogP contribution in [0.15, 0.2) is 22.7 Å². The Kier molecular flexibility index (Phi) is 2.45. The fourth-order valence-corrected chi connectivity index (χ4v) is 4.53. The highest BCUT2D eigenvalue weighted by molar-refractivity contribution is 9.10. The SMILES string of the molecule is Nc1nc2c(s1)C1(CCCC1)Oc1ccc(Br)cc1-2. The number of nitrogens with zero attached hydrogens (tertiary/aromatic N) is 1. The molecule has 0 atom stereocenters. The second-order valence-corrected chi connectivity index (χ2v) is 7.12. The minimum Gasteiger partial charge on any atom is -0.481 e. The monoisotopic (exact) mass is 336 g/mol. The zero-order chi connectivity index (χ0) is 13.0. The lowest BCUT2D eigenvalue weighted by Gasteiger charge is -2.34. The van der Waals surface area contributed by atoms with Gasteiger partial charge in [0.15, 0.2) is 5.13 Å². The van der Waals surface area contributed by atoms with Crippen LogP contribution in [0.4, 0.5) is 5.13 Å². The van der Waals surface area contributed by atoms with E-state index in [4.69, 9.17) is 10.5 Å². The van der Waals surface area contributed by atoms with Crippen LogP contribution in [-0.2, 0) is 5.60 Å². The summed E-state index contributed by atoms with van der Waals surface area (Å²) >= 11 is 5.09. The maximum atomic E-state index is 6.37. The number of aromatic nitrogens is 1. The highest BCUT2D eigenvalue weighted by atomic mass is 79.9. The first-order chi connectivity index (χ1) is 9.18. The van der Waals surface area contributed by atoms with Crippen LogP contribution in [0.3, 0.4) is 0 Å². The molecule has 19 heavy (non-hydrogen) atoms. The number of ether oxygens (including phenoxy) is 1. The standard InChI is InChI=1S/C14H13BrN2OS/c15-8-3-4-10-9(7-8)11-12(19-13(16)17-11)14(18-10)5-1-2-6-14/h3-4,7H,1-2,5-6H2,(H2,16,17). The van der Waals surface area contributed by atoms with E-state index in [0.29, 0.717) is 5.13 Å². The van der Waals surface area contributed by atoms with Crippen LogP contribution in [0.1, 0.15) is 30.6 Å². The quantitative estimate of drug-likeness (QED) is 0.779. The molecule has 0 bridgehead atoms. The molecule has 0 unspecified atom stereocenters. The summed E-state index contributed by atoms with van der Waals surface area (Å²) < 4.78 is 7.41. The van der Waals surface area contributed by atoms with Gasteiger partial charge in [0.1, 0.15) is 11.4 Å². The molecular weight excluding hydrogens is 324 g/mol. The van der Waals surface area contributed by atoms with Crippen molar-refractivity contribution in [3.63, 3.8) is 0 Å². The van der Waals surface area contributed by atoms with Gasteiger partial charge in [-0.15, -0.1) is 0 Å². The highest BCUT2D eigenvalue weighted by Crippen LogP contribution is 2.54. The molecule has 2 aliphatic rings. The van der Waals surface area contributed by atoms with E-state index < -0.39 is 0 Å². The molecule has 0 radical (unpaired) electrons. The first-order valence-corrected chi connectivity index (χ1v) is 8.05. The number of hydrogen-bond donors (Lipinski definition) is 1. The number of nitrogens with two attached hydrogens (primary N) is 1. The molecule has 2 aromatic rings. The van der Waals surface area contributed by atoms with Gasteiger partial charge in [-0.05, 0) is 43.9 Å². The molecule has 1 aromatic carbocycles. The van der Waals surface area contributed by atoms with Crippen LogP contribution in [0, 0.1) is 0 Å². The molecule has 1 aliphatic heterocycles. The van der Waals surface area contributed by atoms with Crippen LogP contribution < -0.4 is 10.5 Å². The van der Waals surface area contributed by atoms with E-state index >= 15 is 0 Å². The number of hydrogen-bond acceptors (Lipinski definition) is 4. The Labute approximate surface area is 123 Å². The molecule has 5 heteroatoms. The van der Waals surface area contributed by atoms with Crippen molar-refractivity contribution in [3.05, 3.63) is 27.5 Å². The number of rotatable bonds is 0. The number of anilines is 1. The van der Waals surface area contributed by atoms with Crippen molar-refractivity contribution < 1.29 is 4.74 Å². The lowest BCUT2D eigenvalue weighted by atomic mass is 9.92. The summed E-state index contributed by atoms with van der Waals surface area (Å²) in [6.45, 7) is 0. The summed E-state index contributed by atoms with van der Waals surface area (Å²) in [5.41, 5.74) is 7.84. The van der Waals surface area contributed by atoms with E-state index in [9.17, 15) is 0 Å². The minimum atomic E-state index is -0.175. The van der Waals surface area contributed by atoms with Crippen LogP contribution in [-0.4, -0.2) is 4.98 Å².